The lowest BCUT2D eigenvalue weighted by Crippen LogP contribution is -2.15. The molecule has 0 amide bonds. The van der Waals surface area contributed by atoms with Gasteiger partial charge in [-0.15, -0.1) is 0 Å². The molecule has 7 heteroatoms. The van der Waals surface area contributed by atoms with Gasteiger partial charge in [0.1, 0.15) is 12.4 Å². The first-order valence-electron chi connectivity index (χ1n) is 10.3. The number of ether oxygens (including phenoxy) is 3. The molecule has 0 aliphatic rings. The summed E-state index contributed by atoms with van der Waals surface area (Å²) in [5.74, 6) is 0.168. The molecule has 7 nitrogen and oxygen atoms in total. The van der Waals surface area contributed by atoms with Crippen LogP contribution in [0.1, 0.15) is 41.0 Å². The molecule has 0 saturated carbocycles. The molecule has 32 heavy (non-hydrogen) atoms. The topological polar surface area (TPSA) is 97.2 Å². The van der Waals surface area contributed by atoms with Crippen molar-refractivity contribution in [2.24, 2.45) is 0 Å². The number of rotatable bonds is 7. The average molecular weight is 429 g/mol. The van der Waals surface area contributed by atoms with Gasteiger partial charge in [0.25, 0.3) is 0 Å². The first-order chi connectivity index (χ1) is 15.5. The fourth-order valence-corrected chi connectivity index (χ4v) is 3.68. The van der Waals surface area contributed by atoms with Crippen molar-refractivity contribution < 1.29 is 19.0 Å². The Balaban J connectivity index is 1.76. The van der Waals surface area contributed by atoms with Crippen LogP contribution in [0.2, 0.25) is 0 Å². The number of aromatic nitrogens is 2. The summed E-state index contributed by atoms with van der Waals surface area (Å²) < 4.78 is 16.8. The minimum atomic E-state index is -0.483. The van der Waals surface area contributed by atoms with Gasteiger partial charge < -0.3 is 19.2 Å². The molecule has 0 atom stereocenters. The summed E-state index contributed by atoms with van der Waals surface area (Å²) in [6.07, 6.45) is 1.38. The van der Waals surface area contributed by atoms with Crippen molar-refractivity contribution in [3.05, 3.63) is 71.0 Å². The molecule has 0 unspecified atom stereocenters. The maximum atomic E-state index is 12.6. The number of nitriles is 1. The van der Waals surface area contributed by atoms with Gasteiger partial charge in [-0.3, -0.25) is 0 Å². The molecule has 0 bridgehead atoms. The van der Waals surface area contributed by atoms with Gasteiger partial charge in [0.15, 0.2) is 5.69 Å². The van der Waals surface area contributed by atoms with E-state index in [0.29, 0.717) is 16.9 Å². The van der Waals surface area contributed by atoms with Crippen LogP contribution < -0.4 is 4.74 Å². The van der Waals surface area contributed by atoms with E-state index in [-0.39, 0.29) is 25.0 Å². The van der Waals surface area contributed by atoms with Crippen molar-refractivity contribution in [2.45, 2.75) is 33.2 Å². The number of fused-ring (bicyclic) bond motifs is 3. The van der Waals surface area contributed by atoms with Crippen LogP contribution in [0.25, 0.3) is 21.8 Å². The molecule has 0 radical (unpaired) electrons. The van der Waals surface area contributed by atoms with Crippen molar-refractivity contribution in [2.75, 3.05) is 7.11 Å². The molecular formula is C25H23N3O4. The Morgan fingerprint density at radius 2 is 1.97 bits per heavy atom. The van der Waals surface area contributed by atoms with Crippen LogP contribution in [-0.4, -0.2) is 29.2 Å². The normalized spacial score (nSPS) is 11.1. The van der Waals surface area contributed by atoms with Gasteiger partial charge in [-0.2, -0.15) is 5.26 Å². The van der Waals surface area contributed by atoms with Crippen LogP contribution in [0, 0.1) is 11.3 Å². The molecule has 2 heterocycles. The maximum absolute atomic E-state index is 12.6. The first kappa shape index (κ1) is 21.3. The maximum Gasteiger partial charge on any atom is 0.357 e. The van der Waals surface area contributed by atoms with Crippen LogP contribution >= 0.6 is 0 Å². The van der Waals surface area contributed by atoms with Crippen LogP contribution in [0.3, 0.4) is 0 Å². The van der Waals surface area contributed by atoms with E-state index in [1.807, 2.05) is 36.4 Å². The van der Waals surface area contributed by atoms with E-state index in [4.69, 9.17) is 14.2 Å². The molecule has 4 rings (SSSR count). The number of carbonyl (C=O) groups excluding carboxylic acids is 1. The van der Waals surface area contributed by atoms with Gasteiger partial charge in [0.05, 0.1) is 36.1 Å². The van der Waals surface area contributed by atoms with Crippen molar-refractivity contribution in [3.8, 4) is 11.8 Å². The standard InChI is InChI=1S/C25H23N3O4/c1-15(2)32-25(29)24-20(14-30-3)23-19-10-18(8-9-21(19)28-22(23)12-27-24)31-13-17-7-5-4-6-16(17)11-26/h4-10,12,15,28H,13-14H2,1-3H3. The third-order valence-electron chi connectivity index (χ3n) is 5.07. The van der Waals surface area contributed by atoms with Crippen LogP contribution in [-0.2, 0) is 22.7 Å². The summed E-state index contributed by atoms with van der Waals surface area (Å²) in [7, 11) is 1.58. The summed E-state index contributed by atoms with van der Waals surface area (Å²) >= 11 is 0. The first-order valence-corrected chi connectivity index (χ1v) is 10.3. The zero-order valence-corrected chi connectivity index (χ0v) is 18.1. The molecule has 2 aromatic carbocycles. The highest BCUT2D eigenvalue weighted by Gasteiger charge is 2.21. The predicted molar refractivity (Wildman–Crippen MR) is 120 cm³/mol. The highest BCUT2D eigenvalue weighted by molar-refractivity contribution is 6.11. The molecular weight excluding hydrogens is 406 g/mol. The number of aromatic amines is 1. The molecule has 0 spiro atoms. The van der Waals surface area contributed by atoms with Gasteiger partial charge in [-0.05, 0) is 38.1 Å². The molecule has 162 valence electrons. The molecule has 2 aromatic heterocycles. The Hall–Kier alpha value is -3.89. The number of H-pyrrole nitrogens is 1. The van der Waals surface area contributed by atoms with E-state index in [1.165, 1.54) is 0 Å². The predicted octanol–water partition coefficient (Wildman–Crippen LogP) is 4.88. The van der Waals surface area contributed by atoms with Crippen LogP contribution in [0.4, 0.5) is 0 Å². The fourth-order valence-electron chi connectivity index (χ4n) is 3.68. The molecule has 0 aliphatic heterocycles. The third-order valence-corrected chi connectivity index (χ3v) is 5.07. The minimum Gasteiger partial charge on any atom is -0.489 e. The quantitative estimate of drug-likeness (QED) is 0.421. The number of benzene rings is 2. The number of hydrogen-bond acceptors (Lipinski definition) is 6. The summed E-state index contributed by atoms with van der Waals surface area (Å²) in [5.41, 5.74) is 3.98. The summed E-state index contributed by atoms with van der Waals surface area (Å²) in [4.78, 5) is 20.3. The van der Waals surface area contributed by atoms with Gasteiger partial charge in [-0.25, -0.2) is 9.78 Å². The van der Waals surface area contributed by atoms with Gasteiger partial charge in [0.2, 0.25) is 0 Å². The molecule has 0 fully saturated rings. The van der Waals surface area contributed by atoms with Gasteiger partial charge in [0, 0.05) is 34.5 Å². The van der Waals surface area contributed by atoms with Crippen molar-refractivity contribution in [1.82, 2.24) is 9.97 Å². The number of hydrogen-bond donors (Lipinski definition) is 1. The van der Waals surface area contributed by atoms with E-state index in [9.17, 15) is 10.1 Å². The zero-order chi connectivity index (χ0) is 22.7. The van der Waals surface area contributed by atoms with E-state index in [0.717, 1.165) is 27.4 Å². The average Bonchev–Trinajstić information content (AvgIpc) is 3.16. The molecule has 1 N–H and O–H groups in total. The SMILES string of the molecule is COCc1c(C(=O)OC(C)C)ncc2[nH]c3ccc(OCc4ccccc4C#N)cc3c12. The molecule has 4 aromatic rings. The van der Waals surface area contributed by atoms with E-state index in [2.05, 4.69) is 16.0 Å². The summed E-state index contributed by atoms with van der Waals surface area (Å²) in [6.45, 7) is 4.08. The zero-order valence-electron chi connectivity index (χ0n) is 18.1. The second-order valence-corrected chi connectivity index (χ2v) is 7.65. The minimum absolute atomic E-state index is 0.209. The number of nitrogens with zero attached hydrogens (tertiary/aromatic N) is 2. The molecule has 0 aliphatic carbocycles. The number of methoxy groups -OCH3 is 1. The Morgan fingerprint density at radius 3 is 2.72 bits per heavy atom. The van der Waals surface area contributed by atoms with Crippen molar-refractivity contribution >= 4 is 27.8 Å². The summed E-state index contributed by atoms with van der Waals surface area (Å²) in [6, 6.07) is 15.2. The van der Waals surface area contributed by atoms with Crippen molar-refractivity contribution in [3.63, 3.8) is 0 Å². The van der Waals surface area contributed by atoms with E-state index < -0.39 is 5.97 Å². The second-order valence-electron chi connectivity index (χ2n) is 7.65. The highest BCUT2D eigenvalue weighted by atomic mass is 16.5. The Kier molecular flexibility index (Phi) is 6.06. The Labute approximate surface area is 185 Å². The number of nitrogens with one attached hydrogen (secondary N) is 1. The van der Waals surface area contributed by atoms with E-state index >= 15 is 0 Å². The number of esters is 1. The highest BCUT2D eigenvalue weighted by Crippen LogP contribution is 2.33. The van der Waals surface area contributed by atoms with Crippen LogP contribution in [0.5, 0.6) is 5.75 Å². The Bertz CT molecular complexity index is 1330. The number of carbonyl (C=O) groups is 1. The molecule has 0 saturated heterocycles. The lowest BCUT2D eigenvalue weighted by Gasteiger charge is -2.12. The van der Waals surface area contributed by atoms with E-state index in [1.54, 1.807) is 33.2 Å². The summed E-state index contributed by atoms with van der Waals surface area (Å²) in [5, 5.41) is 11.0. The lowest BCUT2D eigenvalue weighted by molar-refractivity contribution is 0.0366. The smallest absolute Gasteiger partial charge is 0.357 e. The van der Waals surface area contributed by atoms with Gasteiger partial charge in [-0.1, -0.05) is 18.2 Å². The fraction of sp³-hybridized carbons (Fsp3) is 0.240. The lowest BCUT2D eigenvalue weighted by atomic mass is 10.1. The Morgan fingerprint density at radius 1 is 1.16 bits per heavy atom. The monoisotopic (exact) mass is 429 g/mol. The largest absolute Gasteiger partial charge is 0.489 e. The van der Waals surface area contributed by atoms with Crippen molar-refractivity contribution in [1.29, 1.82) is 5.26 Å². The third kappa shape index (κ3) is 4.13. The second kappa shape index (κ2) is 9.08. The van der Waals surface area contributed by atoms with Gasteiger partial charge >= 0.3 is 5.97 Å². The number of pyridine rings is 1. The van der Waals surface area contributed by atoms with Crippen LogP contribution in [0.15, 0.2) is 48.7 Å².